The molecule has 762 valence electrons. The molecule has 34 heteroatoms. The number of fused-ring (bicyclic) bond motifs is 6. The zero-order valence-electron chi connectivity index (χ0n) is 82.8. The molecule has 5 aliphatic carbocycles. The lowest BCUT2D eigenvalue weighted by molar-refractivity contribution is -0.191. The number of allylic oxidation sites excluding steroid dienone is 5. The van der Waals surface area contributed by atoms with Crippen molar-refractivity contribution < 1.29 is 40.2 Å². The number of aliphatic hydroxyl groups excluding tert-OH is 6. The van der Waals surface area contributed by atoms with Gasteiger partial charge in [0.15, 0.2) is 0 Å². The highest BCUT2D eigenvalue weighted by molar-refractivity contribution is 5.78. The van der Waals surface area contributed by atoms with Gasteiger partial charge in [0.05, 0.1) is 109 Å². The van der Waals surface area contributed by atoms with E-state index in [2.05, 4.69) is 189 Å². The van der Waals surface area contributed by atoms with Gasteiger partial charge in [-0.2, -0.15) is 9.59 Å². The van der Waals surface area contributed by atoms with Gasteiger partial charge in [-0.3, -0.25) is 58.2 Å². The summed E-state index contributed by atoms with van der Waals surface area (Å²) in [5.41, 5.74) is 23.6. The number of hydrogen-bond acceptors (Lipinski definition) is 27. The van der Waals surface area contributed by atoms with Crippen molar-refractivity contribution in [3.8, 4) is 0 Å². The highest BCUT2D eigenvalue weighted by Crippen LogP contribution is 2.36. The first-order valence-corrected chi connectivity index (χ1v) is 51.5. The van der Waals surface area contributed by atoms with E-state index in [-0.39, 0.29) is 82.0 Å². The van der Waals surface area contributed by atoms with Gasteiger partial charge in [0, 0.05) is 163 Å². The molecule has 0 radical (unpaired) electrons. The lowest BCUT2D eigenvalue weighted by Crippen LogP contribution is -2.24. The minimum Gasteiger partial charge on any atom is -0.391 e. The Labute approximate surface area is 828 Å². The summed E-state index contributed by atoms with van der Waals surface area (Å²) >= 11 is 0. The summed E-state index contributed by atoms with van der Waals surface area (Å²) < 4.78 is 0. The highest BCUT2D eigenvalue weighted by atomic mass is 16.3. The third-order valence-electron chi connectivity index (χ3n) is 29.8. The van der Waals surface area contributed by atoms with Crippen molar-refractivity contribution in [2.45, 2.75) is 219 Å². The number of nitrogens with zero attached hydrogens (tertiary/aromatic N) is 12. The lowest BCUT2D eigenvalue weighted by Gasteiger charge is -2.17. The zero-order chi connectivity index (χ0) is 100. The molecule has 142 heavy (non-hydrogen) atoms. The normalized spacial score (nSPS) is 23.1. The quantitative estimate of drug-likeness (QED) is 0.0171. The number of aromatic amines is 7. The standard InChI is InChI=1S/C20H23N3O2.C19H21N3O2.C18H27N3O2.2C17H25N3O2.C16H25N5O2.CO2/c24-18-12-23(10-15(18)7-6-14-4-2-1-3-5-14)11-16-8-9-17-19(16)21-13-22-20(17)25;23-17-11-22(10-15(17)8-13-4-2-1-3-5-13)9-14-6-7-16-18(14)20-12-21-19(16)24;1-2-3-4-5-6-13-9-21(11-16(13)22)10-14-7-8-15-17(14)19-12-20-18(15)23;1-11(2)3-4-12-7-20(9-15(12)21)8-13-5-6-14-16(13)18-10-19-17(14)22;1-2-3-4-5-12-8-20(10-15(12)21)9-13-6-7-14-16(13)18-11-19-17(14)22;17-5-3-1-2-4-11-7-21(9-13(11)22)8-12-6-18-15-14(12)19-10-20-16(15)23;2-1-3/h1-5,8,13,15,18,24H,6-7,9-12H2,(H,21,22,25);1-6,12,15,17,23H,7-11H2,(H,20,21,24);7,12-13,16,22H,2-6,8-11H2,1H3,(H,19,20,23);5,10-12,15,21H,3-4,6-9H2,1-2H3,(H,18,19,22);6,11-12,15,21H,2-5,7-10H2,1H3,(H,18,19,22);6,10-11,13,18,22H,1-5,7-9,17H2,(H,19,20,23);/t15-,18-;15-,17-;13-,16-;2*12-,15-;11-,13-;/m000000./s1. The van der Waals surface area contributed by atoms with Crippen LogP contribution in [-0.2, 0) is 61.1 Å². The van der Waals surface area contributed by atoms with Crippen LogP contribution in [0.1, 0.15) is 203 Å². The van der Waals surface area contributed by atoms with E-state index >= 15 is 0 Å². The summed E-state index contributed by atoms with van der Waals surface area (Å²) in [4.78, 5) is 145. The Bertz CT molecular complexity index is 6180. The van der Waals surface area contributed by atoms with Gasteiger partial charge in [0.2, 0.25) is 0 Å². The van der Waals surface area contributed by atoms with Crippen LogP contribution in [0.5, 0.6) is 0 Å². The number of benzene rings is 2. The number of carbonyl (C=O) groups excluding carboxylic acids is 2. The maximum absolute atomic E-state index is 11.8. The molecule has 2 aromatic carbocycles. The monoisotopic (exact) mass is 1950 g/mol. The summed E-state index contributed by atoms with van der Waals surface area (Å²) in [5, 5.41) is 61.9. The fraction of sp³-hybridized carbons (Fsp3) is 0.546. The smallest absolute Gasteiger partial charge is 0.373 e. The number of nitrogens with two attached hydrogens (primary N) is 1. The lowest BCUT2D eigenvalue weighted by atomic mass is 9.95. The molecule has 15 N–H and O–H groups in total. The summed E-state index contributed by atoms with van der Waals surface area (Å²) in [6.45, 7) is 23.9. The Balaban J connectivity index is 0.000000135. The van der Waals surface area contributed by atoms with Crippen LogP contribution in [0, 0.1) is 41.4 Å². The Morgan fingerprint density at radius 2 is 0.648 bits per heavy atom. The highest BCUT2D eigenvalue weighted by Gasteiger charge is 2.40. The van der Waals surface area contributed by atoms with Crippen LogP contribution in [0.2, 0.25) is 0 Å². The minimum absolute atomic E-state index is 0.0310. The molecule has 0 amide bonds. The van der Waals surface area contributed by atoms with Crippen molar-refractivity contribution in [3.05, 3.63) is 270 Å². The van der Waals surface area contributed by atoms with Crippen LogP contribution in [0.4, 0.5) is 0 Å². The third-order valence-corrected chi connectivity index (χ3v) is 29.8. The summed E-state index contributed by atoms with van der Waals surface area (Å²) in [7, 11) is 0. The van der Waals surface area contributed by atoms with Crippen molar-refractivity contribution in [1.82, 2.24) is 94.2 Å². The van der Waals surface area contributed by atoms with Crippen LogP contribution in [0.3, 0.4) is 0 Å². The first-order chi connectivity index (χ1) is 68.9. The number of hydrogen-bond donors (Lipinski definition) is 14. The molecule has 9 aromatic rings. The second kappa shape index (κ2) is 52.9. The molecule has 0 spiro atoms. The average Bonchev–Trinajstić information content (AvgIpc) is 1.68. The van der Waals surface area contributed by atoms with E-state index in [1.54, 1.807) is 0 Å². The Morgan fingerprint density at radius 1 is 0.352 bits per heavy atom. The second-order valence-corrected chi connectivity index (χ2v) is 40.6. The first-order valence-electron chi connectivity index (χ1n) is 51.5. The molecule has 6 aliphatic heterocycles. The molecule has 13 heterocycles. The first kappa shape index (κ1) is 107. The van der Waals surface area contributed by atoms with Crippen LogP contribution in [0.15, 0.2) is 164 Å². The topological polar surface area (TPSA) is 491 Å². The van der Waals surface area contributed by atoms with E-state index < -0.39 is 0 Å². The number of nitrogens with one attached hydrogen (secondary N) is 7. The van der Waals surface area contributed by atoms with Gasteiger partial charge in [-0.05, 0) is 165 Å². The SMILES string of the molecule is CC(C)CC[C@H]1CN(CC2=CCc3c2nc[nH]c3=O)C[C@@H]1O.CCCCCC[C@H]1CN(CC2=CCc3c2nc[nH]c3=O)C[C@@H]1O.CCCCC[C@H]1CN(CC2=CCc3c2nc[nH]c3=O)C[C@@H]1O.NCCCCC[C@H]1CN(Cc2c[nH]c3c(=O)[nH]cnc23)C[C@@H]1O.O=C=O.O=c1[nH]cnc2c1CC=C2CN1C[C@H](CCc2ccccc2)[C@@H](O)C1.O=c1[nH]cnc2c1CC=C2CN1C[C@H](Cc2ccccc2)[C@@H](O)C1. The predicted octanol–water partition coefficient (Wildman–Crippen LogP) is 7.85. The van der Waals surface area contributed by atoms with E-state index in [0.717, 1.165) is 264 Å². The molecular weight excluding hydrogens is 1800 g/mol. The van der Waals surface area contributed by atoms with Crippen LogP contribution < -0.4 is 39.1 Å². The number of aliphatic hydroxyl groups is 6. The van der Waals surface area contributed by atoms with Crippen molar-refractivity contribution in [2.75, 3.05) is 118 Å². The Morgan fingerprint density at radius 3 is 1.00 bits per heavy atom. The third kappa shape index (κ3) is 28.9. The molecule has 20 rings (SSSR count). The number of β-amino-alcohol motifs (C(OH)–C–C–N with tert-alkyl or cyclic N) is 6. The fourth-order valence-corrected chi connectivity index (χ4v) is 22.1. The molecule has 6 saturated heterocycles. The molecule has 34 nitrogen and oxygen atoms in total. The van der Waals surface area contributed by atoms with Crippen molar-refractivity contribution in [1.29, 1.82) is 0 Å². The van der Waals surface area contributed by atoms with E-state index in [1.165, 1.54) is 94.0 Å². The molecular formula is C108H146N20O14. The minimum atomic E-state index is -0.307. The van der Waals surface area contributed by atoms with E-state index in [9.17, 15) is 59.4 Å². The molecule has 6 fully saturated rings. The molecule has 7 aromatic heterocycles. The molecule has 0 unspecified atom stereocenters. The van der Waals surface area contributed by atoms with Crippen molar-refractivity contribution in [2.24, 2.45) is 47.2 Å². The maximum atomic E-state index is 11.8. The van der Waals surface area contributed by atoms with Gasteiger partial charge in [-0.25, -0.2) is 29.9 Å². The number of aromatic nitrogens is 13. The van der Waals surface area contributed by atoms with Gasteiger partial charge in [0.25, 0.3) is 33.4 Å². The van der Waals surface area contributed by atoms with Crippen molar-refractivity contribution >= 4 is 45.1 Å². The van der Waals surface area contributed by atoms with E-state index in [4.69, 9.17) is 15.3 Å². The second-order valence-electron chi connectivity index (χ2n) is 40.6. The number of rotatable bonds is 34. The van der Waals surface area contributed by atoms with E-state index in [0.29, 0.717) is 99.3 Å². The average molecular weight is 1950 g/mol. The van der Waals surface area contributed by atoms with Crippen LogP contribution in [0.25, 0.3) is 38.9 Å². The van der Waals surface area contributed by atoms with Crippen LogP contribution in [-0.4, -0.2) is 285 Å². The zero-order valence-corrected chi connectivity index (χ0v) is 82.8. The van der Waals surface area contributed by atoms with Gasteiger partial charge in [-0.15, -0.1) is 0 Å². The maximum Gasteiger partial charge on any atom is 0.373 e. The van der Waals surface area contributed by atoms with Gasteiger partial charge in [0.1, 0.15) is 5.52 Å². The summed E-state index contributed by atoms with van der Waals surface area (Å²) in [6, 6.07) is 20.8. The predicted molar refractivity (Wildman–Crippen MR) is 548 cm³/mol. The Hall–Kier alpha value is -11.2. The van der Waals surface area contributed by atoms with Crippen LogP contribution >= 0.6 is 0 Å². The summed E-state index contributed by atoms with van der Waals surface area (Å²) in [6.07, 6.45) is 43.6. The number of likely N-dealkylation sites (tertiary alicyclic amines) is 6. The largest absolute Gasteiger partial charge is 0.391 e. The van der Waals surface area contributed by atoms with Gasteiger partial charge in [-0.1, -0.05) is 183 Å². The van der Waals surface area contributed by atoms with Gasteiger partial charge >= 0.3 is 6.15 Å². The fourth-order valence-electron chi connectivity index (χ4n) is 22.1. The summed E-state index contributed by atoms with van der Waals surface area (Å²) in [5.74, 6) is 2.71. The van der Waals surface area contributed by atoms with Gasteiger partial charge < -0.3 is 71.3 Å². The Kier molecular flexibility index (Phi) is 39.7. The number of unbranched alkanes of at least 4 members (excludes halogenated alkanes) is 7. The molecule has 12 atom stereocenters. The molecule has 0 bridgehead atoms. The molecule has 0 saturated carbocycles. The van der Waals surface area contributed by atoms with Crippen molar-refractivity contribution in [3.63, 3.8) is 0 Å². The van der Waals surface area contributed by atoms with E-state index in [1.807, 2.05) is 30.5 Å². The number of aryl methyl sites for hydroxylation is 1. The number of H-pyrrole nitrogens is 7. The molecule has 11 aliphatic rings.